The van der Waals surface area contributed by atoms with Crippen LogP contribution in [0.2, 0.25) is 0 Å². The second-order valence-corrected chi connectivity index (χ2v) is 8.17. The number of thiazole rings is 1. The zero-order valence-electron chi connectivity index (χ0n) is 16.1. The summed E-state index contributed by atoms with van der Waals surface area (Å²) in [6, 6.07) is 11.0. The number of carbonyl (C=O) groups is 1. The fraction of sp³-hybridized carbons (Fsp3) is 0.238. The fourth-order valence-electron chi connectivity index (χ4n) is 3.30. The van der Waals surface area contributed by atoms with Crippen molar-refractivity contribution < 1.29 is 4.79 Å². The number of anilines is 1. The summed E-state index contributed by atoms with van der Waals surface area (Å²) in [5, 5.41) is 8.74. The van der Waals surface area contributed by atoms with Crippen LogP contribution in [0.1, 0.15) is 41.5 Å². The third-order valence-electron chi connectivity index (χ3n) is 4.58. The number of hydrogen-bond acceptors (Lipinski definition) is 5. The van der Waals surface area contributed by atoms with E-state index in [0.29, 0.717) is 15.9 Å². The summed E-state index contributed by atoms with van der Waals surface area (Å²) < 4.78 is 2.38. The van der Waals surface area contributed by atoms with Crippen LogP contribution in [0.15, 0.2) is 41.2 Å². The molecule has 0 unspecified atom stereocenters. The van der Waals surface area contributed by atoms with Crippen molar-refractivity contribution in [3.8, 4) is 0 Å². The second-order valence-electron chi connectivity index (χ2n) is 7.14. The maximum atomic E-state index is 13.0. The SMILES string of the molecule is Cc1cc(C)c2nc(NC(=O)c3nn(C(C)C)c(=O)c4ccccc34)sc2c1. The molecule has 2 aromatic heterocycles. The Kier molecular flexibility index (Phi) is 4.47. The van der Waals surface area contributed by atoms with Crippen molar-refractivity contribution in [2.24, 2.45) is 0 Å². The first-order valence-electron chi connectivity index (χ1n) is 9.06. The Morgan fingerprint density at radius 2 is 1.86 bits per heavy atom. The molecule has 0 aliphatic carbocycles. The topological polar surface area (TPSA) is 76.9 Å². The number of rotatable bonds is 3. The summed E-state index contributed by atoms with van der Waals surface area (Å²) in [7, 11) is 0. The Bertz CT molecular complexity index is 1290. The molecule has 0 saturated heterocycles. The van der Waals surface area contributed by atoms with E-state index < -0.39 is 0 Å². The van der Waals surface area contributed by atoms with E-state index in [9.17, 15) is 9.59 Å². The minimum Gasteiger partial charge on any atom is -0.296 e. The number of fused-ring (bicyclic) bond motifs is 2. The minimum atomic E-state index is -0.376. The van der Waals surface area contributed by atoms with Crippen LogP contribution < -0.4 is 10.9 Å². The molecule has 1 N–H and O–H groups in total. The Hall–Kier alpha value is -3.06. The zero-order valence-corrected chi connectivity index (χ0v) is 16.9. The Morgan fingerprint density at radius 1 is 1.14 bits per heavy atom. The molecule has 4 aromatic rings. The average molecular weight is 392 g/mol. The smallest absolute Gasteiger partial charge is 0.278 e. The van der Waals surface area contributed by atoms with Crippen LogP contribution in [-0.4, -0.2) is 20.7 Å². The number of benzene rings is 2. The van der Waals surface area contributed by atoms with Crippen LogP contribution in [-0.2, 0) is 0 Å². The molecule has 0 bridgehead atoms. The molecule has 0 saturated carbocycles. The van der Waals surface area contributed by atoms with Gasteiger partial charge in [0.15, 0.2) is 10.8 Å². The Balaban J connectivity index is 1.80. The average Bonchev–Trinajstić information content (AvgIpc) is 3.04. The van der Waals surface area contributed by atoms with Crippen LogP contribution in [0.3, 0.4) is 0 Å². The highest BCUT2D eigenvalue weighted by atomic mass is 32.1. The van der Waals surface area contributed by atoms with Gasteiger partial charge in [-0.05, 0) is 51.0 Å². The van der Waals surface area contributed by atoms with Crippen molar-refractivity contribution in [3.63, 3.8) is 0 Å². The van der Waals surface area contributed by atoms with Gasteiger partial charge in [-0.25, -0.2) is 9.67 Å². The predicted octanol–water partition coefficient (Wildman–Crippen LogP) is 4.46. The maximum absolute atomic E-state index is 13.0. The molecule has 28 heavy (non-hydrogen) atoms. The molecule has 142 valence electrons. The van der Waals surface area contributed by atoms with Crippen LogP contribution in [0.25, 0.3) is 21.0 Å². The zero-order chi connectivity index (χ0) is 20.0. The van der Waals surface area contributed by atoms with Crippen LogP contribution in [0.4, 0.5) is 5.13 Å². The number of amides is 1. The molecule has 0 aliphatic rings. The molecule has 2 heterocycles. The standard InChI is InChI=1S/C21H20N4O2S/c1-11(2)25-20(27)15-8-6-5-7-14(15)18(24-25)19(26)23-21-22-17-13(4)9-12(3)10-16(17)28-21/h5-11H,1-4H3,(H,22,23,26). The van der Waals surface area contributed by atoms with Crippen molar-refractivity contribution in [2.45, 2.75) is 33.7 Å². The summed E-state index contributed by atoms with van der Waals surface area (Å²) in [5.74, 6) is -0.376. The van der Waals surface area contributed by atoms with Gasteiger partial charge in [-0.2, -0.15) is 5.10 Å². The molecular weight excluding hydrogens is 372 g/mol. The lowest BCUT2D eigenvalue weighted by molar-refractivity contribution is 0.102. The van der Waals surface area contributed by atoms with Gasteiger partial charge in [0.1, 0.15) is 0 Å². The van der Waals surface area contributed by atoms with E-state index in [1.54, 1.807) is 24.3 Å². The van der Waals surface area contributed by atoms with Gasteiger partial charge in [-0.1, -0.05) is 35.6 Å². The lowest BCUT2D eigenvalue weighted by Gasteiger charge is -2.12. The predicted molar refractivity (Wildman–Crippen MR) is 113 cm³/mol. The van der Waals surface area contributed by atoms with Gasteiger partial charge in [0.05, 0.1) is 21.6 Å². The van der Waals surface area contributed by atoms with Gasteiger partial charge < -0.3 is 0 Å². The number of nitrogens with one attached hydrogen (secondary N) is 1. The van der Waals surface area contributed by atoms with Crippen molar-refractivity contribution in [1.29, 1.82) is 0 Å². The normalized spacial score (nSPS) is 11.5. The first kappa shape index (κ1) is 18.3. The summed E-state index contributed by atoms with van der Waals surface area (Å²) in [6.07, 6.45) is 0. The molecule has 0 aliphatic heterocycles. The number of carbonyl (C=O) groups excluding carboxylic acids is 1. The van der Waals surface area contributed by atoms with E-state index in [4.69, 9.17) is 0 Å². The van der Waals surface area contributed by atoms with Crippen molar-refractivity contribution in [3.05, 3.63) is 63.6 Å². The molecule has 0 atom stereocenters. The lowest BCUT2D eigenvalue weighted by atomic mass is 10.1. The molecule has 2 aromatic carbocycles. The van der Waals surface area contributed by atoms with Crippen LogP contribution >= 0.6 is 11.3 Å². The number of hydrogen-bond donors (Lipinski definition) is 1. The van der Waals surface area contributed by atoms with E-state index in [0.717, 1.165) is 21.3 Å². The van der Waals surface area contributed by atoms with E-state index >= 15 is 0 Å². The number of aryl methyl sites for hydroxylation is 2. The van der Waals surface area contributed by atoms with Crippen molar-refractivity contribution in [2.75, 3.05) is 5.32 Å². The third-order valence-corrected chi connectivity index (χ3v) is 5.50. The summed E-state index contributed by atoms with van der Waals surface area (Å²) >= 11 is 1.43. The lowest BCUT2D eigenvalue weighted by Crippen LogP contribution is -2.28. The quantitative estimate of drug-likeness (QED) is 0.559. The second kappa shape index (κ2) is 6.83. The molecule has 0 spiro atoms. The van der Waals surface area contributed by atoms with Crippen LogP contribution in [0.5, 0.6) is 0 Å². The van der Waals surface area contributed by atoms with E-state index in [1.807, 2.05) is 27.7 Å². The van der Waals surface area contributed by atoms with Gasteiger partial charge in [0, 0.05) is 5.39 Å². The molecule has 1 amide bonds. The van der Waals surface area contributed by atoms with E-state index in [2.05, 4.69) is 27.5 Å². The molecule has 0 radical (unpaired) electrons. The first-order chi connectivity index (χ1) is 13.3. The first-order valence-corrected chi connectivity index (χ1v) is 9.87. The molecule has 7 heteroatoms. The summed E-state index contributed by atoms with van der Waals surface area (Å²) in [4.78, 5) is 30.2. The molecule has 0 fully saturated rings. The van der Waals surface area contributed by atoms with Crippen LogP contribution in [0, 0.1) is 13.8 Å². The Morgan fingerprint density at radius 3 is 2.57 bits per heavy atom. The van der Waals surface area contributed by atoms with E-state index in [-0.39, 0.29) is 23.2 Å². The van der Waals surface area contributed by atoms with Crippen molar-refractivity contribution in [1.82, 2.24) is 14.8 Å². The van der Waals surface area contributed by atoms with Gasteiger partial charge in [-0.15, -0.1) is 0 Å². The highest BCUT2D eigenvalue weighted by Crippen LogP contribution is 2.29. The summed E-state index contributed by atoms with van der Waals surface area (Å²) in [5.41, 5.74) is 3.13. The molecule has 6 nitrogen and oxygen atoms in total. The van der Waals surface area contributed by atoms with E-state index in [1.165, 1.54) is 16.0 Å². The largest absolute Gasteiger partial charge is 0.296 e. The van der Waals surface area contributed by atoms with Gasteiger partial charge >= 0.3 is 0 Å². The maximum Gasteiger partial charge on any atom is 0.278 e. The van der Waals surface area contributed by atoms with Crippen molar-refractivity contribution >= 4 is 43.4 Å². The van der Waals surface area contributed by atoms with Gasteiger partial charge in [0.25, 0.3) is 11.5 Å². The summed E-state index contributed by atoms with van der Waals surface area (Å²) in [6.45, 7) is 7.77. The Labute approximate surface area is 165 Å². The number of aromatic nitrogens is 3. The third kappa shape index (κ3) is 3.07. The number of nitrogens with zero attached hydrogens (tertiary/aromatic N) is 3. The molecular formula is C21H20N4O2S. The fourth-order valence-corrected chi connectivity index (χ4v) is 4.34. The highest BCUT2D eigenvalue weighted by Gasteiger charge is 2.19. The highest BCUT2D eigenvalue weighted by molar-refractivity contribution is 7.22. The van der Waals surface area contributed by atoms with Gasteiger partial charge in [0.2, 0.25) is 0 Å². The van der Waals surface area contributed by atoms with Gasteiger partial charge in [-0.3, -0.25) is 14.9 Å². The monoisotopic (exact) mass is 392 g/mol. The minimum absolute atomic E-state index is 0.156. The molecule has 4 rings (SSSR count).